The molecule has 4 heteroatoms. The molecule has 0 amide bonds. The second-order valence-electron chi connectivity index (χ2n) is 6.79. The summed E-state index contributed by atoms with van der Waals surface area (Å²) in [6, 6.07) is 14.5. The van der Waals surface area contributed by atoms with Crippen LogP contribution in [0.25, 0.3) is 0 Å². The van der Waals surface area contributed by atoms with Gasteiger partial charge in [-0.05, 0) is 59.1 Å². The third kappa shape index (κ3) is 6.70. The minimum atomic E-state index is 0.540. The lowest BCUT2D eigenvalue weighted by Gasteiger charge is -2.17. The van der Waals surface area contributed by atoms with Crippen molar-refractivity contribution in [2.24, 2.45) is 0 Å². The summed E-state index contributed by atoms with van der Waals surface area (Å²) in [6.45, 7) is 8.10. The van der Waals surface area contributed by atoms with E-state index >= 15 is 0 Å². The van der Waals surface area contributed by atoms with Crippen LogP contribution in [0, 0.1) is 6.92 Å². The zero-order valence-corrected chi connectivity index (χ0v) is 16.5. The highest BCUT2D eigenvalue weighted by molar-refractivity contribution is 5.46. The molecule has 0 bridgehead atoms. The predicted molar refractivity (Wildman–Crippen MR) is 108 cm³/mol. The number of nitrogens with one attached hydrogen (secondary N) is 1. The van der Waals surface area contributed by atoms with Crippen LogP contribution in [0.5, 0.6) is 11.5 Å². The fourth-order valence-electron chi connectivity index (χ4n) is 2.72. The highest BCUT2D eigenvalue weighted by atomic mass is 16.5. The average Bonchev–Trinajstić information content (AvgIpc) is 2.62. The Kier molecular flexibility index (Phi) is 8.45. The number of nitrogens with zero attached hydrogens (tertiary/aromatic N) is 1. The van der Waals surface area contributed by atoms with Crippen LogP contribution in [0.3, 0.4) is 0 Å². The van der Waals surface area contributed by atoms with Gasteiger partial charge < -0.3 is 19.7 Å². The fraction of sp³-hybridized carbons (Fsp3) is 0.455. The van der Waals surface area contributed by atoms with Gasteiger partial charge in [-0.3, -0.25) is 0 Å². The van der Waals surface area contributed by atoms with Crippen molar-refractivity contribution in [3.8, 4) is 11.5 Å². The molecule has 0 heterocycles. The first kappa shape index (κ1) is 20.3. The van der Waals surface area contributed by atoms with Gasteiger partial charge in [-0.2, -0.15) is 0 Å². The second kappa shape index (κ2) is 10.8. The van der Waals surface area contributed by atoms with Gasteiger partial charge >= 0.3 is 0 Å². The van der Waals surface area contributed by atoms with Crippen LogP contribution in [0.15, 0.2) is 42.5 Å². The monoisotopic (exact) mass is 356 g/mol. The molecule has 0 saturated carbocycles. The first-order chi connectivity index (χ1) is 12.6. The molecule has 142 valence electrons. The summed E-state index contributed by atoms with van der Waals surface area (Å²) < 4.78 is 12.0. The van der Waals surface area contributed by atoms with Crippen LogP contribution in [-0.2, 0) is 13.2 Å². The van der Waals surface area contributed by atoms with E-state index in [1.807, 2.05) is 19.1 Å². The summed E-state index contributed by atoms with van der Waals surface area (Å²) >= 11 is 0. The Morgan fingerprint density at radius 3 is 2.46 bits per heavy atom. The van der Waals surface area contributed by atoms with Crippen molar-refractivity contribution in [2.75, 3.05) is 33.8 Å². The molecule has 0 aliphatic rings. The van der Waals surface area contributed by atoms with E-state index in [9.17, 15) is 0 Å². The molecule has 0 spiro atoms. The summed E-state index contributed by atoms with van der Waals surface area (Å²) in [5.41, 5.74) is 3.55. The van der Waals surface area contributed by atoms with Crippen LogP contribution < -0.4 is 14.8 Å². The van der Waals surface area contributed by atoms with E-state index < -0.39 is 0 Å². The predicted octanol–water partition coefficient (Wildman–Crippen LogP) is 4.01. The topological polar surface area (TPSA) is 33.7 Å². The zero-order chi connectivity index (χ0) is 18.8. The molecule has 0 aliphatic carbocycles. The number of ether oxygens (including phenoxy) is 2. The fourth-order valence-corrected chi connectivity index (χ4v) is 2.72. The molecule has 4 nitrogen and oxygen atoms in total. The number of hydrogen-bond acceptors (Lipinski definition) is 4. The van der Waals surface area contributed by atoms with Gasteiger partial charge in [0.2, 0.25) is 0 Å². The van der Waals surface area contributed by atoms with E-state index in [2.05, 4.69) is 61.6 Å². The van der Waals surface area contributed by atoms with E-state index in [1.54, 1.807) is 0 Å². The maximum Gasteiger partial charge on any atom is 0.166 e. The quantitative estimate of drug-likeness (QED) is 0.617. The molecule has 0 radical (unpaired) electrons. The maximum atomic E-state index is 6.17. The third-order valence-corrected chi connectivity index (χ3v) is 4.14. The highest BCUT2D eigenvalue weighted by Crippen LogP contribution is 2.32. The van der Waals surface area contributed by atoms with E-state index in [4.69, 9.17) is 9.47 Å². The zero-order valence-electron chi connectivity index (χ0n) is 16.5. The van der Waals surface area contributed by atoms with Gasteiger partial charge in [-0.15, -0.1) is 0 Å². The molecule has 0 unspecified atom stereocenters. The lowest BCUT2D eigenvalue weighted by Crippen LogP contribution is -2.21. The number of para-hydroxylation sites is 1. The van der Waals surface area contributed by atoms with Gasteiger partial charge in [0.05, 0.1) is 6.61 Å². The lowest BCUT2D eigenvalue weighted by atomic mass is 10.1. The molecular formula is C22H32N2O2. The molecule has 0 saturated heterocycles. The Morgan fingerprint density at radius 2 is 1.77 bits per heavy atom. The Balaban J connectivity index is 2.01. The van der Waals surface area contributed by atoms with Gasteiger partial charge in [0, 0.05) is 12.1 Å². The molecule has 0 fully saturated rings. The van der Waals surface area contributed by atoms with E-state index in [0.29, 0.717) is 13.2 Å². The minimum Gasteiger partial charge on any atom is -0.490 e. The van der Waals surface area contributed by atoms with Crippen molar-refractivity contribution in [1.82, 2.24) is 10.2 Å². The van der Waals surface area contributed by atoms with Gasteiger partial charge in [-0.25, -0.2) is 0 Å². The second-order valence-corrected chi connectivity index (χ2v) is 6.79. The first-order valence-electron chi connectivity index (χ1n) is 9.38. The van der Waals surface area contributed by atoms with Crippen molar-refractivity contribution < 1.29 is 9.47 Å². The molecule has 0 aliphatic heterocycles. The molecule has 1 N–H and O–H groups in total. The molecule has 2 aromatic rings. The lowest BCUT2D eigenvalue weighted by molar-refractivity contribution is 0.266. The van der Waals surface area contributed by atoms with Gasteiger partial charge in [0.1, 0.15) is 6.61 Å². The van der Waals surface area contributed by atoms with Gasteiger partial charge in [0.15, 0.2) is 11.5 Å². The van der Waals surface area contributed by atoms with Gasteiger partial charge in [-0.1, -0.05) is 42.0 Å². The van der Waals surface area contributed by atoms with Crippen molar-refractivity contribution in [2.45, 2.75) is 33.4 Å². The standard InChI is InChI=1S/C22H32N2O2/c1-5-25-21-9-6-8-20(16-23-14-7-15-24(3)4)22(21)26-17-19-12-10-18(2)11-13-19/h6,8-13,23H,5,7,14-17H2,1-4H3. The number of aryl methyl sites for hydroxylation is 1. The smallest absolute Gasteiger partial charge is 0.166 e. The summed E-state index contributed by atoms with van der Waals surface area (Å²) in [5, 5.41) is 3.51. The van der Waals surface area contributed by atoms with Crippen LogP contribution >= 0.6 is 0 Å². The van der Waals surface area contributed by atoms with Gasteiger partial charge in [0.25, 0.3) is 0 Å². The molecule has 0 atom stereocenters. The SMILES string of the molecule is CCOc1cccc(CNCCCN(C)C)c1OCc1ccc(C)cc1. The van der Waals surface area contributed by atoms with Crippen molar-refractivity contribution in [3.05, 3.63) is 59.2 Å². The van der Waals surface area contributed by atoms with E-state index in [1.165, 1.54) is 5.56 Å². The van der Waals surface area contributed by atoms with Crippen LogP contribution in [-0.4, -0.2) is 38.7 Å². The summed E-state index contributed by atoms with van der Waals surface area (Å²) in [4.78, 5) is 2.20. The highest BCUT2D eigenvalue weighted by Gasteiger charge is 2.11. The van der Waals surface area contributed by atoms with E-state index in [-0.39, 0.29) is 0 Å². The van der Waals surface area contributed by atoms with Crippen molar-refractivity contribution in [3.63, 3.8) is 0 Å². The third-order valence-electron chi connectivity index (χ3n) is 4.14. The maximum absolute atomic E-state index is 6.17. The average molecular weight is 357 g/mol. The molecule has 0 aromatic heterocycles. The Labute approximate surface area is 158 Å². The largest absolute Gasteiger partial charge is 0.490 e. The molecule has 26 heavy (non-hydrogen) atoms. The minimum absolute atomic E-state index is 0.540. The van der Waals surface area contributed by atoms with Crippen molar-refractivity contribution in [1.29, 1.82) is 0 Å². The summed E-state index contributed by atoms with van der Waals surface area (Å²) in [7, 11) is 4.20. The normalized spacial score (nSPS) is 11.0. The van der Waals surface area contributed by atoms with E-state index in [0.717, 1.165) is 48.7 Å². The molecule has 2 rings (SSSR count). The number of rotatable bonds is 11. The van der Waals surface area contributed by atoms with Crippen LogP contribution in [0.4, 0.5) is 0 Å². The molecular weight excluding hydrogens is 324 g/mol. The Bertz CT molecular complexity index is 654. The summed E-state index contributed by atoms with van der Waals surface area (Å²) in [5.74, 6) is 1.65. The summed E-state index contributed by atoms with van der Waals surface area (Å²) in [6.07, 6.45) is 1.12. The number of hydrogen-bond donors (Lipinski definition) is 1. The number of benzene rings is 2. The molecule has 2 aromatic carbocycles. The Hall–Kier alpha value is -2.04. The van der Waals surface area contributed by atoms with Crippen LogP contribution in [0.2, 0.25) is 0 Å². The first-order valence-corrected chi connectivity index (χ1v) is 9.38. The van der Waals surface area contributed by atoms with Crippen LogP contribution in [0.1, 0.15) is 30.0 Å². The van der Waals surface area contributed by atoms with Crippen molar-refractivity contribution >= 4 is 0 Å². The Morgan fingerprint density at radius 1 is 1.00 bits per heavy atom.